The van der Waals surface area contributed by atoms with Crippen LogP contribution in [-0.2, 0) is 11.3 Å². The zero-order valence-electron chi connectivity index (χ0n) is 8.53. The minimum absolute atomic E-state index is 0.575. The Bertz CT molecular complexity index is 350. The topological polar surface area (TPSA) is 45.0 Å². The van der Waals surface area contributed by atoms with E-state index in [0.29, 0.717) is 6.04 Å². The molecule has 2 rings (SSSR count). The number of rotatable bonds is 3. The van der Waals surface area contributed by atoms with Gasteiger partial charge in [-0.3, -0.25) is 0 Å². The molecule has 1 fully saturated rings. The van der Waals surface area contributed by atoms with Gasteiger partial charge in [-0.25, -0.2) is 0 Å². The predicted molar refractivity (Wildman–Crippen MR) is 59.7 cm³/mol. The molecule has 1 aromatic rings. The first kappa shape index (κ1) is 10.6. The smallest absolute Gasteiger partial charge is 0.110 e. The maximum Gasteiger partial charge on any atom is 0.110 e. The van der Waals surface area contributed by atoms with E-state index >= 15 is 0 Å². The first-order valence-electron chi connectivity index (χ1n) is 5.18. The maximum absolute atomic E-state index is 8.69. The highest BCUT2D eigenvalue weighted by molar-refractivity contribution is 7.12. The third kappa shape index (κ3) is 3.03. The van der Waals surface area contributed by atoms with Crippen molar-refractivity contribution in [2.75, 3.05) is 13.2 Å². The lowest BCUT2D eigenvalue weighted by Gasteiger charge is -2.22. The van der Waals surface area contributed by atoms with Crippen LogP contribution in [-0.4, -0.2) is 19.3 Å². The second-order valence-corrected chi connectivity index (χ2v) is 4.81. The molecule has 1 aliphatic rings. The Kier molecular flexibility index (Phi) is 3.73. The highest BCUT2D eigenvalue weighted by Crippen LogP contribution is 2.16. The second-order valence-electron chi connectivity index (χ2n) is 3.65. The van der Waals surface area contributed by atoms with Gasteiger partial charge in [-0.15, -0.1) is 11.3 Å². The van der Waals surface area contributed by atoms with Crippen molar-refractivity contribution >= 4 is 11.3 Å². The molecule has 0 atom stereocenters. The van der Waals surface area contributed by atoms with Crippen LogP contribution >= 0.6 is 11.3 Å². The number of nitrogens with zero attached hydrogens (tertiary/aromatic N) is 1. The summed E-state index contributed by atoms with van der Waals surface area (Å²) in [4.78, 5) is 2.02. The van der Waals surface area contributed by atoms with Gasteiger partial charge in [-0.05, 0) is 25.0 Å². The summed E-state index contributed by atoms with van der Waals surface area (Å²) in [5.41, 5.74) is 0. The summed E-state index contributed by atoms with van der Waals surface area (Å²) in [5.74, 6) is 0. The van der Waals surface area contributed by atoms with Crippen molar-refractivity contribution < 1.29 is 4.74 Å². The van der Waals surface area contributed by atoms with Crippen molar-refractivity contribution in [3.8, 4) is 6.07 Å². The fourth-order valence-corrected chi connectivity index (χ4v) is 2.44. The zero-order chi connectivity index (χ0) is 10.5. The van der Waals surface area contributed by atoms with Crippen LogP contribution in [0.2, 0.25) is 0 Å². The molecule has 1 saturated heterocycles. The fraction of sp³-hybridized carbons (Fsp3) is 0.545. The van der Waals surface area contributed by atoms with E-state index in [2.05, 4.69) is 11.4 Å². The third-order valence-corrected chi connectivity index (χ3v) is 3.55. The van der Waals surface area contributed by atoms with E-state index in [-0.39, 0.29) is 0 Å². The summed E-state index contributed by atoms with van der Waals surface area (Å²) >= 11 is 1.57. The normalized spacial score (nSPS) is 17.5. The summed E-state index contributed by atoms with van der Waals surface area (Å²) in [6, 6.07) is 6.64. The molecule has 0 aliphatic carbocycles. The Morgan fingerprint density at radius 1 is 1.47 bits per heavy atom. The molecule has 80 valence electrons. The Morgan fingerprint density at radius 3 is 2.93 bits per heavy atom. The van der Waals surface area contributed by atoms with Crippen LogP contribution in [0.4, 0.5) is 0 Å². The number of hydrogen-bond acceptors (Lipinski definition) is 4. The largest absolute Gasteiger partial charge is 0.381 e. The molecule has 2 heterocycles. The zero-order valence-corrected chi connectivity index (χ0v) is 9.35. The first-order chi connectivity index (χ1) is 7.38. The molecule has 15 heavy (non-hydrogen) atoms. The van der Waals surface area contributed by atoms with Crippen molar-refractivity contribution in [2.45, 2.75) is 25.4 Å². The Labute approximate surface area is 93.7 Å². The van der Waals surface area contributed by atoms with Gasteiger partial charge in [0.1, 0.15) is 10.9 Å². The van der Waals surface area contributed by atoms with E-state index in [1.165, 1.54) is 4.88 Å². The maximum atomic E-state index is 8.69. The predicted octanol–water partition coefficient (Wildman–Crippen LogP) is 1.89. The molecule has 0 aromatic carbocycles. The number of ether oxygens (including phenoxy) is 1. The SMILES string of the molecule is N#Cc1ccc(CNC2CCOCC2)s1. The van der Waals surface area contributed by atoms with E-state index in [1.54, 1.807) is 11.3 Å². The van der Waals surface area contributed by atoms with Gasteiger partial charge < -0.3 is 10.1 Å². The van der Waals surface area contributed by atoms with Crippen LogP contribution in [0.25, 0.3) is 0 Å². The average Bonchev–Trinajstić information content (AvgIpc) is 2.76. The summed E-state index contributed by atoms with van der Waals surface area (Å²) in [6.45, 7) is 2.61. The molecular formula is C11H14N2OS. The number of nitrogens with one attached hydrogen (secondary N) is 1. The molecule has 0 radical (unpaired) electrons. The van der Waals surface area contributed by atoms with E-state index in [4.69, 9.17) is 10.00 Å². The van der Waals surface area contributed by atoms with Crippen molar-refractivity contribution in [2.24, 2.45) is 0 Å². The number of thiophene rings is 1. The van der Waals surface area contributed by atoms with Crippen molar-refractivity contribution in [1.29, 1.82) is 5.26 Å². The van der Waals surface area contributed by atoms with Gasteiger partial charge in [-0.1, -0.05) is 0 Å². The Balaban J connectivity index is 1.79. The van der Waals surface area contributed by atoms with Crippen LogP contribution in [0.5, 0.6) is 0 Å². The molecule has 0 saturated carbocycles. The fourth-order valence-electron chi connectivity index (χ4n) is 1.68. The molecule has 1 aliphatic heterocycles. The quantitative estimate of drug-likeness (QED) is 0.849. The molecule has 0 amide bonds. The highest BCUT2D eigenvalue weighted by atomic mass is 32.1. The van der Waals surface area contributed by atoms with Gasteiger partial charge in [0.15, 0.2) is 0 Å². The molecule has 0 spiro atoms. The highest BCUT2D eigenvalue weighted by Gasteiger charge is 2.12. The molecule has 0 bridgehead atoms. The van der Waals surface area contributed by atoms with Crippen LogP contribution in [0.3, 0.4) is 0 Å². The molecular weight excluding hydrogens is 208 g/mol. The van der Waals surface area contributed by atoms with Crippen molar-refractivity contribution in [3.05, 3.63) is 21.9 Å². The van der Waals surface area contributed by atoms with Gasteiger partial charge in [0, 0.05) is 30.7 Å². The van der Waals surface area contributed by atoms with E-state index < -0.39 is 0 Å². The van der Waals surface area contributed by atoms with Crippen LogP contribution in [0, 0.1) is 11.3 Å². The van der Waals surface area contributed by atoms with E-state index in [9.17, 15) is 0 Å². The van der Waals surface area contributed by atoms with Crippen LogP contribution < -0.4 is 5.32 Å². The standard InChI is InChI=1S/C11H14N2OS/c12-7-10-1-2-11(15-10)8-13-9-3-5-14-6-4-9/h1-2,9,13H,3-6,8H2. The van der Waals surface area contributed by atoms with Gasteiger partial charge in [0.25, 0.3) is 0 Å². The van der Waals surface area contributed by atoms with Gasteiger partial charge in [0.05, 0.1) is 0 Å². The lowest BCUT2D eigenvalue weighted by Crippen LogP contribution is -2.34. The average molecular weight is 222 g/mol. The Hall–Kier alpha value is -0.890. The summed E-state index contributed by atoms with van der Waals surface area (Å²) in [7, 11) is 0. The third-order valence-electron chi connectivity index (χ3n) is 2.56. The minimum atomic E-state index is 0.575. The Morgan fingerprint density at radius 2 is 2.27 bits per heavy atom. The molecule has 4 heteroatoms. The van der Waals surface area contributed by atoms with Crippen molar-refractivity contribution in [3.63, 3.8) is 0 Å². The van der Waals surface area contributed by atoms with E-state index in [0.717, 1.165) is 37.5 Å². The number of nitriles is 1. The second kappa shape index (κ2) is 5.26. The first-order valence-corrected chi connectivity index (χ1v) is 6.00. The summed E-state index contributed by atoms with van der Waals surface area (Å²) < 4.78 is 5.29. The molecule has 3 nitrogen and oxygen atoms in total. The number of hydrogen-bond donors (Lipinski definition) is 1. The van der Waals surface area contributed by atoms with Crippen LogP contribution in [0.15, 0.2) is 12.1 Å². The van der Waals surface area contributed by atoms with Gasteiger partial charge >= 0.3 is 0 Å². The van der Waals surface area contributed by atoms with Gasteiger partial charge in [0.2, 0.25) is 0 Å². The summed E-state index contributed by atoms with van der Waals surface area (Å²) in [6.07, 6.45) is 2.19. The monoisotopic (exact) mass is 222 g/mol. The minimum Gasteiger partial charge on any atom is -0.381 e. The van der Waals surface area contributed by atoms with E-state index in [1.807, 2.05) is 12.1 Å². The summed E-state index contributed by atoms with van der Waals surface area (Å²) in [5, 5.41) is 12.2. The molecule has 1 aromatic heterocycles. The van der Waals surface area contributed by atoms with Crippen LogP contribution in [0.1, 0.15) is 22.6 Å². The van der Waals surface area contributed by atoms with Gasteiger partial charge in [-0.2, -0.15) is 5.26 Å². The van der Waals surface area contributed by atoms with Crippen molar-refractivity contribution in [1.82, 2.24) is 5.32 Å². The molecule has 1 N–H and O–H groups in total. The molecule has 0 unspecified atom stereocenters. The lowest BCUT2D eigenvalue weighted by molar-refractivity contribution is 0.0777. The lowest BCUT2D eigenvalue weighted by atomic mass is 10.1.